The monoisotopic (exact) mass is 473 g/mol. The topological polar surface area (TPSA) is 106 Å². The van der Waals surface area contributed by atoms with Gasteiger partial charge in [-0.15, -0.1) is 22.6 Å². The van der Waals surface area contributed by atoms with Gasteiger partial charge in [-0.05, 0) is 26.0 Å². The van der Waals surface area contributed by atoms with Crippen LogP contribution in [0.15, 0.2) is 30.6 Å². The van der Waals surface area contributed by atoms with Crippen LogP contribution >= 0.6 is 12.4 Å². The number of hydrogen-bond acceptors (Lipinski definition) is 8. The van der Waals surface area contributed by atoms with E-state index in [2.05, 4.69) is 37.6 Å². The van der Waals surface area contributed by atoms with Crippen LogP contribution in [0.2, 0.25) is 0 Å². The lowest BCUT2D eigenvalue weighted by molar-refractivity contribution is 0.101. The number of nitrogens with one attached hydrogen (secondary N) is 2. The number of ether oxygens (including phenoxy) is 2. The Balaban J connectivity index is 0.00000259. The van der Waals surface area contributed by atoms with Gasteiger partial charge in [0.2, 0.25) is 0 Å². The molecule has 1 unspecified atom stereocenters. The Bertz CT molecular complexity index is 1120. The molecule has 0 aliphatic carbocycles. The SMILES string of the molecule is Cc1cn2cc(C(=O)Nc3ccc(N4CCN[C@@H](C)C4)nn3)c(OC3CCOC3)cc2n1.Cl. The van der Waals surface area contributed by atoms with Crippen molar-refractivity contribution in [1.82, 2.24) is 24.9 Å². The van der Waals surface area contributed by atoms with E-state index in [1.165, 1.54) is 0 Å². The van der Waals surface area contributed by atoms with Gasteiger partial charge in [0, 0.05) is 50.6 Å². The van der Waals surface area contributed by atoms with Crippen molar-refractivity contribution >= 4 is 35.6 Å². The van der Waals surface area contributed by atoms with Crippen molar-refractivity contribution in [2.45, 2.75) is 32.4 Å². The summed E-state index contributed by atoms with van der Waals surface area (Å²) < 4.78 is 13.3. The summed E-state index contributed by atoms with van der Waals surface area (Å²) in [5, 5.41) is 14.8. The lowest BCUT2D eigenvalue weighted by Gasteiger charge is -2.32. The normalized spacial score (nSPS) is 20.5. The predicted octanol–water partition coefficient (Wildman–Crippen LogP) is 2.07. The minimum atomic E-state index is -0.315. The molecule has 10 nitrogen and oxygen atoms in total. The van der Waals surface area contributed by atoms with Gasteiger partial charge in [0.05, 0.1) is 24.5 Å². The van der Waals surface area contributed by atoms with Crippen molar-refractivity contribution in [3.8, 4) is 5.75 Å². The zero-order chi connectivity index (χ0) is 22.1. The van der Waals surface area contributed by atoms with E-state index in [-0.39, 0.29) is 24.4 Å². The lowest BCUT2D eigenvalue weighted by atomic mass is 10.2. The summed E-state index contributed by atoms with van der Waals surface area (Å²) in [6, 6.07) is 5.85. The highest BCUT2D eigenvalue weighted by atomic mass is 35.5. The van der Waals surface area contributed by atoms with Gasteiger partial charge in [-0.3, -0.25) is 4.79 Å². The number of anilines is 2. The molecule has 5 heterocycles. The third-order valence-electron chi connectivity index (χ3n) is 5.69. The molecule has 11 heteroatoms. The number of pyridine rings is 1. The summed E-state index contributed by atoms with van der Waals surface area (Å²) in [5.74, 6) is 1.36. The van der Waals surface area contributed by atoms with E-state index in [0.29, 0.717) is 36.4 Å². The summed E-state index contributed by atoms with van der Waals surface area (Å²) in [6.07, 6.45) is 4.31. The maximum Gasteiger partial charge on any atom is 0.262 e. The number of fused-ring (bicyclic) bond motifs is 1. The first-order valence-electron chi connectivity index (χ1n) is 10.9. The number of carbonyl (C=O) groups is 1. The number of halogens is 1. The maximum atomic E-state index is 13.1. The minimum absolute atomic E-state index is 0. The van der Waals surface area contributed by atoms with Crippen LogP contribution < -0.4 is 20.3 Å². The molecule has 176 valence electrons. The zero-order valence-electron chi connectivity index (χ0n) is 18.7. The largest absolute Gasteiger partial charge is 0.487 e. The average Bonchev–Trinajstić information content (AvgIpc) is 3.42. The molecule has 33 heavy (non-hydrogen) atoms. The second-order valence-corrected chi connectivity index (χ2v) is 8.33. The number of aryl methyl sites for hydroxylation is 1. The summed E-state index contributed by atoms with van der Waals surface area (Å²) in [7, 11) is 0. The van der Waals surface area contributed by atoms with Crippen molar-refractivity contribution in [2.24, 2.45) is 0 Å². The number of rotatable bonds is 5. The molecule has 0 spiro atoms. The first-order chi connectivity index (χ1) is 15.5. The second kappa shape index (κ2) is 9.90. The molecular weight excluding hydrogens is 446 g/mol. The van der Waals surface area contributed by atoms with E-state index in [1.807, 2.05) is 23.6 Å². The first-order valence-corrected chi connectivity index (χ1v) is 10.9. The van der Waals surface area contributed by atoms with Crippen LogP contribution in [-0.4, -0.2) is 70.5 Å². The third kappa shape index (κ3) is 5.18. The fraction of sp³-hybridized carbons (Fsp3) is 0.455. The van der Waals surface area contributed by atoms with Gasteiger partial charge in [-0.25, -0.2) is 4.98 Å². The van der Waals surface area contributed by atoms with E-state index in [0.717, 1.165) is 43.2 Å². The number of carbonyl (C=O) groups excluding carboxylic acids is 1. The van der Waals surface area contributed by atoms with E-state index < -0.39 is 0 Å². The Kier molecular flexibility index (Phi) is 6.96. The van der Waals surface area contributed by atoms with Gasteiger partial charge in [0.1, 0.15) is 17.5 Å². The maximum absolute atomic E-state index is 13.1. The molecule has 1 amide bonds. The molecule has 3 aromatic rings. The highest BCUT2D eigenvalue weighted by Gasteiger charge is 2.23. The fourth-order valence-electron chi connectivity index (χ4n) is 4.08. The molecule has 3 aromatic heterocycles. The minimum Gasteiger partial charge on any atom is -0.487 e. The van der Waals surface area contributed by atoms with Crippen molar-refractivity contribution in [3.63, 3.8) is 0 Å². The first kappa shape index (κ1) is 23.2. The molecule has 2 N–H and O–H groups in total. The number of nitrogens with zero attached hydrogens (tertiary/aromatic N) is 5. The molecule has 2 atom stereocenters. The van der Waals surface area contributed by atoms with Gasteiger partial charge in [-0.1, -0.05) is 0 Å². The van der Waals surface area contributed by atoms with Crippen molar-refractivity contribution in [3.05, 3.63) is 41.9 Å². The summed E-state index contributed by atoms with van der Waals surface area (Å²) in [5.41, 5.74) is 1.99. The average molecular weight is 474 g/mol. The molecular formula is C22H28ClN7O3. The van der Waals surface area contributed by atoms with Crippen LogP contribution in [0.1, 0.15) is 29.4 Å². The quantitative estimate of drug-likeness (QED) is 0.580. The van der Waals surface area contributed by atoms with Crippen molar-refractivity contribution < 1.29 is 14.3 Å². The molecule has 0 saturated carbocycles. The Labute approximate surface area is 198 Å². The second-order valence-electron chi connectivity index (χ2n) is 8.33. The highest BCUT2D eigenvalue weighted by molar-refractivity contribution is 6.05. The van der Waals surface area contributed by atoms with E-state index in [1.54, 1.807) is 18.3 Å². The number of hydrogen-bond donors (Lipinski definition) is 2. The molecule has 0 bridgehead atoms. The Hall–Kier alpha value is -2.95. The molecule has 0 aromatic carbocycles. The van der Waals surface area contributed by atoms with Gasteiger partial charge >= 0.3 is 0 Å². The van der Waals surface area contributed by atoms with Gasteiger partial charge < -0.3 is 29.4 Å². The summed E-state index contributed by atoms with van der Waals surface area (Å²) in [6.45, 7) is 7.88. The van der Waals surface area contributed by atoms with E-state index >= 15 is 0 Å². The van der Waals surface area contributed by atoms with Gasteiger partial charge in [0.25, 0.3) is 5.91 Å². The molecule has 5 rings (SSSR count). The highest BCUT2D eigenvalue weighted by Crippen LogP contribution is 2.25. The van der Waals surface area contributed by atoms with Gasteiger partial charge in [0.15, 0.2) is 11.6 Å². The van der Waals surface area contributed by atoms with Crippen LogP contribution in [-0.2, 0) is 4.74 Å². The molecule has 2 aliphatic heterocycles. The number of piperazine rings is 1. The summed E-state index contributed by atoms with van der Waals surface area (Å²) >= 11 is 0. The number of amides is 1. The van der Waals surface area contributed by atoms with Crippen LogP contribution in [0.3, 0.4) is 0 Å². The number of imidazole rings is 1. The van der Waals surface area contributed by atoms with E-state index in [4.69, 9.17) is 9.47 Å². The zero-order valence-corrected chi connectivity index (χ0v) is 19.5. The van der Waals surface area contributed by atoms with Crippen molar-refractivity contribution in [1.29, 1.82) is 0 Å². The fourth-order valence-corrected chi connectivity index (χ4v) is 4.08. The molecule has 2 saturated heterocycles. The third-order valence-corrected chi connectivity index (χ3v) is 5.69. The summed E-state index contributed by atoms with van der Waals surface area (Å²) in [4.78, 5) is 19.8. The van der Waals surface area contributed by atoms with Crippen LogP contribution in [0.5, 0.6) is 5.75 Å². The Morgan fingerprint density at radius 3 is 2.91 bits per heavy atom. The van der Waals surface area contributed by atoms with Crippen LogP contribution in [0.4, 0.5) is 11.6 Å². The Morgan fingerprint density at radius 2 is 2.18 bits per heavy atom. The standard InChI is InChI=1S/C22H27N7O3.ClH/c1-14-10-28(7-6-23-14)20-4-3-19(26-27-20)25-22(30)17-12-29-11-15(2)24-21(29)9-18(17)32-16-5-8-31-13-16;/h3-4,9,11-12,14,16,23H,5-8,10,13H2,1-2H3,(H,25,26,30);1H/t14-,16?;/m0./s1. The predicted molar refractivity (Wildman–Crippen MR) is 127 cm³/mol. The lowest BCUT2D eigenvalue weighted by Crippen LogP contribution is -2.49. The van der Waals surface area contributed by atoms with Crippen LogP contribution in [0.25, 0.3) is 5.65 Å². The number of aromatic nitrogens is 4. The molecule has 0 radical (unpaired) electrons. The smallest absolute Gasteiger partial charge is 0.262 e. The van der Waals surface area contributed by atoms with Gasteiger partial charge in [-0.2, -0.15) is 0 Å². The molecule has 2 fully saturated rings. The van der Waals surface area contributed by atoms with Crippen molar-refractivity contribution in [2.75, 3.05) is 43.1 Å². The Morgan fingerprint density at radius 1 is 1.30 bits per heavy atom. The molecule has 2 aliphatic rings. The van der Waals surface area contributed by atoms with E-state index in [9.17, 15) is 4.79 Å². The van der Waals surface area contributed by atoms with Crippen LogP contribution in [0, 0.1) is 6.92 Å².